The number of hydrogen-bond donors (Lipinski definition) is 1. The number of para-hydroxylation sites is 1. The molecule has 0 spiro atoms. The first-order valence-electron chi connectivity index (χ1n) is 8.69. The largest absolute Gasteiger partial charge is 0.378 e. The summed E-state index contributed by atoms with van der Waals surface area (Å²) in [4.78, 5) is 40.6. The number of benzene rings is 2. The zero-order valence-electron chi connectivity index (χ0n) is 15.5. The first kappa shape index (κ1) is 18.4. The minimum atomic E-state index is -0.731. The van der Waals surface area contributed by atoms with E-state index >= 15 is 0 Å². The minimum Gasteiger partial charge on any atom is -0.378 e. The van der Waals surface area contributed by atoms with Crippen molar-refractivity contribution in [1.82, 2.24) is 5.32 Å². The molecular formula is C21H21N3O3. The Bertz CT molecular complexity index is 930. The number of barbiturate groups is 1. The predicted octanol–water partition coefficient (Wildman–Crippen LogP) is 2.98. The van der Waals surface area contributed by atoms with E-state index in [9.17, 15) is 14.4 Å². The van der Waals surface area contributed by atoms with Gasteiger partial charge in [-0.15, -0.1) is 0 Å². The molecule has 0 aliphatic carbocycles. The van der Waals surface area contributed by atoms with Gasteiger partial charge >= 0.3 is 6.03 Å². The lowest BCUT2D eigenvalue weighted by Crippen LogP contribution is -2.54. The molecular weight excluding hydrogens is 342 g/mol. The summed E-state index contributed by atoms with van der Waals surface area (Å²) in [5.41, 5.74) is 2.98. The van der Waals surface area contributed by atoms with E-state index in [1.165, 1.54) is 6.08 Å². The van der Waals surface area contributed by atoms with Gasteiger partial charge in [0.2, 0.25) is 0 Å². The highest BCUT2D eigenvalue weighted by molar-refractivity contribution is 6.39. The fraction of sp³-hybridized carbons (Fsp3) is 0.190. The average molecular weight is 363 g/mol. The quantitative estimate of drug-likeness (QED) is 0.670. The van der Waals surface area contributed by atoms with Gasteiger partial charge in [-0.25, -0.2) is 9.69 Å². The van der Waals surface area contributed by atoms with Crippen molar-refractivity contribution in [3.63, 3.8) is 0 Å². The number of imide groups is 2. The summed E-state index contributed by atoms with van der Waals surface area (Å²) in [6.07, 6.45) is 2.16. The number of hydrogen-bond acceptors (Lipinski definition) is 4. The van der Waals surface area contributed by atoms with Gasteiger partial charge in [0.25, 0.3) is 11.8 Å². The van der Waals surface area contributed by atoms with Gasteiger partial charge in [0.15, 0.2) is 0 Å². The Morgan fingerprint density at radius 3 is 2.30 bits per heavy atom. The third-order valence-electron chi connectivity index (χ3n) is 4.44. The van der Waals surface area contributed by atoms with Crippen molar-refractivity contribution in [3.8, 4) is 0 Å². The number of rotatable bonds is 4. The van der Waals surface area contributed by atoms with Gasteiger partial charge < -0.3 is 4.90 Å². The van der Waals surface area contributed by atoms with Crippen molar-refractivity contribution in [2.75, 3.05) is 23.9 Å². The number of anilines is 2. The fourth-order valence-electron chi connectivity index (χ4n) is 2.94. The van der Waals surface area contributed by atoms with Crippen LogP contribution in [0.3, 0.4) is 0 Å². The van der Waals surface area contributed by atoms with Crippen molar-refractivity contribution < 1.29 is 14.4 Å². The summed E-state index contributed by atoms with van der Waals surface area (Å²) < 4.78 is 0. The van der Waals surface area contributed by atoms with Crippen LogP contribution in [-0.4, -0.2) is 31.9 Å². The van der Waals surface area contributed by atoms with E-state index in [4.69, 9.17) is 0 Å². The molecule has 6 nitrogen and oxygen atoms in total. The molecule has 0 unspecified atom stereocenters. The van der Waals surface area contributed by atoms with Crippen LogP contribution in [0.4, 0.5) is 16.2 Å². The van der Waals surface area contributed by atoms with Gasteiger partial charge in [-0.1, -0.05) is 37.3 Å². The molecule has 2 aromatic rings. The van der Waals surface area contributed by atoms with Crippen LogP contribution >= 0.6 is 0 Å². The SMILES string of the molecule is CCc1ccccc1N1C(=O)NC(=O)C(=Cc2ccc(N(C)C)cc2)C1=O. The molecule has 3 rings (SSSR count). The monoisotopic (exact) mass is 363 g/mol. The van der Waals surface area contributed by atoms with E-state index in [-0.39, 0.29) is 5.57 Å². The molecule has 1 heterocycles. The van der Waals surface area contributed by atoms with Crippen molar-refractivity contribution in [2.24, 2.45) is 0 Å². The van der Waals surface area contributed by atoms with Crippen LogP contribution in [0.25, 0.3) is 6.08 Å². The summed E-state index contributed by atoms with van der Waals surface area (Å²) in [6, 6.07) is 13.9. The predicted molar refractivity (Wildman–Crippen MR) is 106 cm³/mol. The van der Waals surface area contributed by atoms with E-state index in [1.807, 2.05) is 62.3 Å². The van der Waals surface area contributed by atoms with E-state index in [0.29, 0.717) is 17.7 Å². The molecule has 0 radical (unpaired) electrons. The van der Waals surface area contributed by atoms with Crippen LogP contribution in [0, 0.1) is 0 Å². The van der Waals surface area contributed by atoms with Crippen molar-refractivity contribution in [3.05, 3.63) is 65.2 Å². The topological polar surface area (TPSA) is 69.7 Å². The van der Waals surface area contributed by atoms with Crippen LogP contribution < -0.4 is 15.1 Å². The first-order chi connectivity index (χ1) is 12.9. The molecule has 0 atom stereocenters. The number of nitrogens with one attached hydrogen (secondary N) is 1. The Balaban J connectivity index is 1.99. The Hall–Kier alpha value is -3.41. The highest BCUT2D eigenvalue weighted by Gasteiger charge is 2.37. The maximum absolute atomic E-state index is 13.0. The summed E-state index contributed by atoms with van der Waals surface area (Å²) in [5.74, 6) is -1.31. The molecule has 1 aliphatic heterocycles. The average Bonchev–Trinajstić information content (AvgIpc) is 2.65. The Kier molecular flexibility index (Phi) is 5.07. The molecule has 1 N–H and O–H groups in total. The molecule has 1 fully saturated rings. The molecule has 4 amide bonds. The van der Waals surface area contributed by atoms with Crippen molar-refractivity contribution in [2.45, 2.75) is 13.3 Å². The number of amides is 4. The maximum Gasteiger partial charge on any atom is 0.335 e. The Morgan fingerprint density at radius 2 is 1.67 bits per heavy atom. The number of carbonyl (C=O) groups excluding carboxylic acids is 3. The van der Waals surface area contributed by atoms with E-state index in [0.717, 1.165) is 16.2 Å². The van der Waals surface area contributed by atoms with Crippen LogP contribution in [0.15, 0.2) is 54.1 Å². The van der Waals surface area contributed by atoms with Crippen LogP contribution in [0.1, 0.15) is 18.1 Å². The highest BCUT2D eigenvalue weighted by atomic mass is 16.2. The molecule has 27 heavy (non-hydrogen) atoms. The first-order valence-corrected chi connectivity index (χ1v) is 8.69. The molecule has 0 bridgehead atoms. The van der Waals surface area contributed by atoms with Gasteiger partial charge in [-0.2, -0.15) is 0 Å². The third kappa shape index (κ3) is 3.60. The second-order valence-corrected chi connectivity index (χ2v) is 6.43. The number of aryl methyl sites for hydroxylation is 1. The summed E-state index contributed by atoms with van der Waals surface area (Å²) in [7, 11) is 3.86. The molecule has 138 valence electrons. The van der Waals surface area contributed by atoms with E-state index < -0.39 is 17.8 Å². The minimum absolute atomic E-state index is 0.0712. The van der Waals surface area contributed by atoms with Crippen LogP contribution in [-0.2, 0) is 16.0 Å². The molecule has 1 aliphatic rings. The highest BCUT2D eigenvalue weighted by Crippen LogP contribution is 2.26. The van der Waals surface area contributed by atoms with E-state index in [1.54, 1.807) is 12.1 Å². The summed E-state index contributed by atoms with van der Waals surface area (Å²) in [6.45, 7) is 1.94. The lowest BCUT2D eigenvalue weighted by molar-refractivity contribution is -0.122. The second kappa shape index (κ2) is 7.45. The zero-order valence-corrected chi connectivity index (χ0v) is 15.5. The van der Waals surface area contributed by atoms with Crippen LogP contribution in [0.2, 0.25) is 0 Å². The molecule has 0 saturated carbocycles. The van der Waals surface area contributed by atoms with Crippen LogP contribution in [0.5, 0.6) is 0 Å². The Morgan fingerprint density at radius 1 is 1.00 bits per heavy atom. The maximum atomic E-state index is 13.0. The lowest BCUT2D eigenvalue weighted by atomic mass is 10.0. The number of urea groups is 1. The van der Waals surface area contributed by atoms with Gasteiger partial charge in [0.05, 0.1) is 5.69 Å². The lowest BCUT2D eigenvalue weighted by Gasteiger charge is -2.28. The van der Waals surface area contributed by atoms with Crippen molar-refractivity contribution in [1.29, 1.82) is 0 Å². The fourth-order valence-corrected chi connectivity index (χ4v) is 2.94. The third-order valence-corrected chi connectivity index (χ3v) is 4.44. The number of carbonyl (C=O) groups is 3. The van der Waals surface area contributed by atoms with Gasteiger partial charge in [0.1, 0.15) is 5.57 Å². The molecule has 1 saturated heterocycles. The molecule has 2 aromatic carbocycles. The smallest absolute Gasteiger partial charge is 0.335 e. The summed E-state index contributed by atoms with van der Waals surface area (Å²) in [5, 5.41) is 2.26. The normalized spacial score (nSPS) is 15.9. The second-order valence-electron chi connectivity index (χ2n) is 6.43. The molecule has 6 heteroatoms. The zero-order chi connectivity index (χ0) is 19.6. The van der Waals surface area contributed by atoms with Gasteiger partial charge in [-0.05, 0) is 41.8 Å². The van der Waals surface area contributed by atoms with E-state index in [2.05, 4.69) is 5.32 Å². The standard InChI is InChI=1S/C21H21N3O3/c1-4-15-7-5-6-8-18(15)24-20(26)17(19(25)22-21(24)27)13-14-9-11-16(12-10-14)23(2)3/h5-13H,4H2,1-3H3,(H,22,25,27). The van der Waals surface area contributed by atoms with Crippen molar-refractivity contribution >= 4 is 35.3 Å². The summed E-state index contributed by atoms with van der Waals surface area (Å²) >= 11 is 0. The Labute approximate surface area is 158 Å². The van der Waals surface area contributed by atoms with Gasteiger partial charge in [-0.3, -0.25) is 14.9 Å². The molecule has 0 aromatic heterocycles. The number of nitrogens with zero attached hydrogens (tertiary/aromatic N) is 2. The van der Waals surface area contributed by atoms with Gasteiger partial charge in [0, 0.05) is 19.8 Å².